The molecule has 0 atom stereocenters. The summed E-state index contributed by atoms with van der Waals surface area (Å²) in [7, 11) is 0. The number of nitrogens with zero attached hydrogens (tertiary/aromatic N) is 5. The van der Waals surface area contributed by atoms with Gasteiger partial charge in [-0.05, 0) is 26.0 Å². The zero-order valence-electron chi connectivity index (χ0n) is 10.8. The molecule has 0 saturated carbocycles. The Balaban J connectivity index is 1.95. The lowest BCUT2D eigenvalue weighted by Gasteiger charge is -2.15. The second kappa shape index (κ2) is 4.53. The minimum atomic E-state index is 0.860. The highest BCUT2D eigenvalue weighted by atomic mass is 15.4. The maximum absolute atomic E-state index is 4.65. The van der Waals surface area contributed by atoms with Crippen molar-refractivity contribution >= 4 is 0 Å². The molecule has 1 N–H and O–H groups in total. The van der Waals surface area contributed by atoms with Gasteiger partial charge in [-0.3, -0.25) is 9.58 Å². The number of aromatic amines is 1. The smallest absolute Gasteiger partial charge is 0.135 e. The van der Waals surface area contributed by atoms with Crippen LogP contribution in [0.15, 0.2) is 6.07 Å². The Labute approximate surface area is 106 Å². The first kappa shape index (κ1) is 11.4. The maximum atomic E-state index is 4.65. The number of nitrogens with one attached hydrogen (secondary N) is 1. The third-order valence-electron chi connectivity index (χ3n) is 3.51. The SMILES string of the molecule is CCN1CCCn2nc(-c3n[nH]nc3C)cc2C1. The lowest BCUT2D eigenvalue weighted by molar-refractivity contribution is 0.284. The molecule has 2 aromatic heterocycles. The predicted molar refractivity (Wildman–Crippen MR) is 67.9 cm³/mol. The van der Waals surface area contributed by atoms with Gasteiger partial charge in [0.15, 0.2) is 0 Å². The van der Waals surface area contributed by atoms with E-state index in [1.54, 1.807) is 0 Å². The van der Waals surface area contributed by atoms with Crippen LogP contribution in [0.3, 0.4) is 0 Å². The summed E-state index contributed by atoms with van der Waals surface area (Å²) in [5, 5.41) is 15.5. The van der Waals surface area contributed by atoms with E-state index in [0.29, 0.717) is 0 Å². The predicted octanol–water partition coefficient (Wildman–Crippen LogP) is 1.20. The fourth-order valence-electron chi connectivity index (χ4n) is 2.44. The fraction of sp³-hybridized carbons (Fsp3) is 0.583. The van der Waals surface area contributed by atoms with E-state index in [4.69, 9.17) is 0 Å². The Hall–Kier alpha value is -1.69. The minimum absolute atomic E-state index is 0.860. The fourth-order valence-corrected chi connectivity index (χ4v) is 2.44. The Kier molecular flexibility index (Phi) is 2.87. The third-order valence-corrected chi connectivity index (χ3v) is 3.51. The number of rotatable bonds is 2. The van der Waals surface area contributed by atoms with Gasteiger partial charge >= 0.3 is 0 Å². The topological polar surface area (TPSA) is 62.6 Å². The van der Waals surface area contributed by atoms with Gasteiger partial charge in [-0.15, -0.1) is 0 Å². The number of hydrogen-bond donors (Lipinski definition) is 1. The maximum Gasteiger partial charge on any atom is 0.135 e. The molecular weight excluding hydrogens is 228 g/mol. The van der Waals surface area contributed by atoms with Crippen molar-refractivity contribution in [3.05, 3.63) is 17.5 Å². The summed E-state index contributed by atoms with van der Waals surface area (Å²) in [4.78, 5) is 2.44. The molecule has 0 fully saturated rings. The normalized spacial score (nSPS) is 16.6. The molecule has 96 valence electrons. The van der Waals surface area contributed by atoms with Crippen molar-refractivity contribution in [2.75, 3.05) is 13.1 Å². The highest BCUT2D eigenvalue weighted by molar-refractivity contribution is 5.56. The molecule has 3 heterocycles. The summed E-state index contributed by atoms with van der Waals surface area (Å²) in [6.45, 7) is 8.35. The first-order chi connectivity index (χ1) is 8.78. The van der Waals surface area contributed by atoms with Crippen molar-refractivity contribution in [3.8, 4) is 11.4 Å². The van der Waals surface area contributed by atoms with Crippen LogP contribution in [0.2, 0.25) is 0 Å². The monoisotopic (exact) mass is 246 g/mol. The molecule has 1 aliphatic heterocycles. The molecule has 0 spiro atoms. The molecule has 0 saturated heterocycles. The number of hydrogen-bond acceptors (Lipinski definition) is 4. The number of aromatic nitrogens is 5. The van der Waals surface area contributed by atoms with E-state index < -0.39 is 0 Å². The average Bonchev–Trinajstić information content (AvgIpc) is 2.90. The molecule has 18 heavy (non-hydrogen) atoms. The molecule has 2 aromatic rings. The molecular formula is C12H18N6. The second-order valence-corrected chi connectivity index (χ2v) is 4.72. The highest BCUT2D eigenvalue weighted by Crippen LogP contribution is 2.21. The number of H-pyrrole nitrogens is 1. The molecule has 0 bridgehead atoms. The van der Waals surface area contributed by atoms with Crippen molar-refractivity contribution in [2.45, 2.75) is 33.4 Å². The summed E-state index contributed by atoms with van der Waals surface area (Å²) < 4.78 is 2.11. The molecule has 3 rings (SSSR count). The number of aryl methyl sites for hydroxylation is 2. The quantitative estimate of drug-likeness (QED) is 0.865. The van der Waals surface area contributed by atoms with E-state index in [0.717, 1.165) is 49.7 Å². The standard InChI is InChI=1S/C12H18N6/c1-3-17-5-4-6-18-10(8-17)7-11(15-18)12-9(2)13-16-14-12/h7H,3-6,8H2,1-2H3,(H,13,14,16). The van der Waals surface area contributed by atoms with Crippen molar-refractivity contribution in [1.82, 2.24) is 30.1 Å². The van der Waals surface area contributed by atoms with Gasteiger partial charge in [0.25, 0.3) is 0 Å². The zero-order chi connectivity index (χ0) is 12.5. The summed E-state index contributed by atoms with van der Waals surface area (Å²) in [6, 6.07) is 2.14. The summed E-state index contributed by atoms with van der Waals surface area (Å²) in [5.41, 5.74) is 3.95. The Morgan fingerprint density at radius 3 is 2.94 bits per heavy atom. The molecule has 0 aliphatic carbocycles. The van der Waals surface area contributed by atoms with Gasteiger partial charge in [0, 0.05) is 19.6 Å². The van der Waals surface area contributed by atoms with Gasteiger partial charge < -0.3 is 0 Å². The first-order valence-corrected chi connectivity index (χ1v) is 6.44. The molecule has 0 amide bonds. The van der Waals surface area contributed by atoms with E-state index in [-0.39, 0.29) is 0 Å². The van der Waals surface area contributed by atoms with Crippen molar-refractivity contribution in [3.63, 3.8) is 0 Å². The molecule has 6 heteroatoms. The first-order valence-electron chi connectivity index (χ1n) is 6.44. The van der Waals surface area contributed by atoms with Crippen molar-refractivity contribution < 1.29 is 0 Å². The van der Waals surface area contributed by atoms with Gasteiger partial charge in [0.1, 0.15) is 11.4 Å². The van der Waals surface area contributed by atoms with Crippen LogP contribution in [0, 0.1) is 6.92 Å². The van der Waals surface area contributed by atoms with Crippen LogP contribution >= 0.6 is 0 Å². The van der Waals surface area contributed by atoms with E-state index in [2.05, 4.69) is 43.1 Å². The summed E-state index contributed by atoms with van der Waals surface area (Å²) >= 11 is 0. The van der Waals surface area contributed by atoms with E-state index in [1.807, 2.05) is 6.92 Å². The molecule has 0 unspecified atom stereocenters. The molecule has 0 aromatic carbocycles. The van der Waals surface area contributed by atoms with Gasteiger partial charge in [0.05, 0.1) is 11.4 Å². The van der Waals surface area contributed by atoms with Gasteiger partial charge in [0.2, 0.25) is 0 Å². The van der Waals surface area contributed by atoms with Crippen LogP contribution < -0.4 is 0 Å². The molecule has 1 aliphatic rings. The zero-order valence-corrected chi connectivity index (χ0v) is 10.8. The van der Waals surface area contributed by atoms with E-state index >= 15 is 0 Å². The summed E-state index contributed by atoms with van der Waals surface area (Å²) in [5.74, 6) is 0. The Morgan fingerprint density at radius 1 is 1.33 bits per heavy atom. The Morgan fingerprint density at radius 2 is 2.22 bits per heavy atom. The average molecular weight is 246 g/mol. The van der Waals surface area contributed by atoms with Gasteiger partial charge in [-0.25, -0.2) is 0 Å². The van der Waals surface area contributed by atoms with Crippen LogP contribution in [0.4, 0.5) is 0 Å². The van der Waals surface area contributed by atoms with Crippen LogP contribution in [0.5, 0.6) is 0 Å². The van der Waals surface area contributed by atoms with Crippen LogP contribution in [-0.2, 0) is 13.1 Å². The number of fused-ring (bicyclic) bond motifs is 1. The van der Waals surface area contributed by atoms with Crippen LogP contribution in [0.1, 0.15) is 24.7 Å². The lowest BCUT2D eigenvalue weighted by Crippen LogP contribution is -2.22. The highest BCUT2D eigenvalue weighted by Gasteiger charge is 2.18. The van der Waals surface area contributed by atoms with E-state index in [9.17, 15) is 0 Å². The van der Waals surface area contributed by atoms with Crippen LogP contribution in [0.25, 0.3) is 11.4 Å². The van der Waals surface area contributed by atoms with Crippen molar-refractivity contribution in [1.29, 1.82) is 0 Å². The Bertz CT molecular complexity index is 541. The summed E-state index contributed by atoms with van der Waals surface area (Å²) in [6.07, 6.45) is 1.15. The third kappa shape index (κ3) is 1.92. The molecule has 6 nitrogen and oxygen atoms in total. The molecule has 0 radical (unpaired) electrons. The largest absolute Gasteiger partial charge is 0.298 e. The second-order valence-electron chi connectivity index (χ2n) is 4.72. The van der Waals surface area contributed by atoms with Gasteiger partial charge in [-0.1, -0.05) is 6.92 Å². The van der Waals surface area contributed by atoms with Crippen molar-refractivity contribution in [2.24, 2.45) is 0 Å². The lowest BCUT2D eigenvalue weighted by atomic mass is 10.2. The van der Waals surface area contributed by atoms with Crippen LogP contribution in [-0.4, -0.2) is 43.2 Å². The van der Waals surface area contributed by atoms with E-state index in [1.165, 1.54) is 5.69 Å². The minimum Gasteiger partial charge on any atom is -0.298 e. The van der Waals surface area contributed by atoms with Gasteiger partial charge in [-0.2, -0.15) is 20.5 Å².